The lowest BCUT2D eigenvalue weighted by atomic mass is 10.2. The number of nitrogens with zero attached hydrogens (tertiary/aromatic N) is 5. The Bertz CT molecular complexity index is 725. The molecule has 100 valence electrons. The summed E-state index contributed by atoms with van der Waals surface area (Å²) in [6.07, 6.45) is 3.38. The van der Waals surface area contributed by atoms with Crippen LogP contribution in [0, 0.1) is 0 Å². The van der Waals surface area contributed by atoms with Crippen molar-refractivity contribution in [3.63, 3.8) is 0 Å². The molecule has 7 heteroatoms. The van der Waals surface area contributed by atoms with Gasteiger partial charge in [0.1, 0.15) is 5.75 Å². The number of nitrogens with two attached hydrogens (primary N) is 1. The SMILES string of the molecule is COc1cccc(-c2nc(N)nc(-n3cccn3)n2)c1. The summed E-state index contributed by atoms with van der Waals surface area (Å²) in [5.74, 6) is 1.72. The first-order valence-electron chi connectivity index (χ1n) is 5.92. The maximum Gasteiger partial charge on any atom is 0.255 e. The fraction of sp³-hybridized carbons (Fsp3) is 0.0769. The molecule has 2 aromatic heterocycles. The van der Waals surface area contributed by atoms with Gasteiger partial charge in [-0.05, 0) is 18.2 Å². The predicted octanol–water partition coefficient (Wildman–Crippen LogP) is 1.32. The summed E-state index contributed by atoms with van der Waals surface area (Å²) in [6.45, 7) is 0. The first-order valence-corrected chi connectivity index (χ1v) is 5.92. The van der Waals surface area contributed by atoms with Gasteiger partial charge in [-0.25, -0.2) is 4.68 Å². The Hall–Kier alpha value is -2.96. The topological polar surface area (TPSA) is 91.7 Å². The van der Waals surface area contributed by atoms with Gasteiger partial charge in [0.05, 0.1) is 7.11 Å². The van der Waals surface area contributed by atoms with E-state index in [1.807, 2.05) is 24.3 Å². The molecule has 0 aliphatic rings. The van der Waals surface area contributed by atoms with E-state index in [0.29, 0.717) is 11.8 Å². The summed E-state index contributed by atoms with van der Waals surface area (Å²) < 4.78 is 6.72. The van der Waals surface area contributed by atoms with Crippen LogP contribution in [0.2, 0.25) is 0 Å². The quantitative estimate of drug-likeness (QED) is 0.770. The van der Waals surface area contributed by atoms with E-state index in [9.17, 15) is 0 Å². The van der Waals surface area contributed by atoms with E-state index in [0.717, 1.165) is 11.3 Å². The Labute approximate surface area is 115 Å². The zero-order valence-corrected chi connectivity index (χ0v) is 10.8. The number of benzene rings is 1. The Morgan fingerprint density at radius 1 is 1.15 bits per heavy atom. The van der Waals surface area contributed by atoms with Gasteiger partial charge in [-0.2, -0.15) is 20.1 Å². The van der Waals surface area contributed by atoms with Crippen molar-refractivity contribution in [2.45, 2.75) is 0 Å². The number of anilines is 1. The highest BCUT2D eigenvalue weighted by Crippen LogP contribution is 2.21. The molecule has 7 nitrogen and oxygen atoms in total. The van der Waals surface area contributed by atoms with Crippen molar-refractivity contribution in [1.29, 1.82) is 0 Å². The number of hydrogen-bond acceptors (Lipinski definition) is 6. The third-order valence-electron chi connectivity index (χ3n) is 2.68. The highest BCUT2D eigenvalue weighted by Gasteiger charge is 2.09. The second kappa shape index (κ2) is 4.96. The summed E-state index contributed by atoms with van der Waals surface area (Å²) in [6, 6.07) is 9.21. The molecule has 0 spiro atoms. The summed E-state index contributed by atoms with van der Waals surface area (Å²) in [4.78, 5) is 12.6. The molecule has 3 rings (SSSR count). The van der Waals surface area contributed by atoms with Crippen molar-refractivity contribution >= 4 is 5.95 Å². The van der Waals surface area contributed by atoms with Gasteiger partial charge in [-0.1, -0.05) is 12.1 Å². The fourth-order valence-corrected chi connectivity index (χ4v) is 1.76. The van der Waals surface area contributed by atoms with E-state index in [2.05, 4.69) is 20.1 Å². The summed E-state index contributed by atoms with van der Waals surface area (Å²) in [5, 5.41) is 4.08. The first kappa shape index (κ1) is 12.1. The molecule has 0 aliphatic carbocycles. The van der Waals surface area contributed by atoms with Crippen LogP contribution in [-0.2, 0) is 0 Å². The molecule has 0 atom stereocenters. The molecule has 0 fully saturated rings. The standard InChI is InChI=1S/C13H12N6O/c1-20-10-5-2-4-9(8-10)11-16-12(14)18-13(17-11)19-7-3-6-15-19/h2-8H,1H3,(H2,14,16,17,18). The maximum absolute atomic E-state index is 5.74. The molecule has 0 amide bonds. The molecule has 3 aromatic rings. The minimum absolute atomic E-state index is 0.142. The smallest absolute Gasteiger partial charge is 0.255 e. The van der Waals surface area contributed by atoms with Crippen molar-refractivity contribution < 1.29 is 4.74 Å². The Balaban J connectivity index is 2.09. The van der Waals surface area contributed by atoms with Crippen molar-refractivity contribution in [1.82, 2.24) is 24.7 Å². The van der Waals surface area contributed by atoms with Gasteiger partial charge in [-0.15, -0.1) is 0 Å². The highest BCUT2D eigenvalue weighted by molar-refractivity contribution is 5.58. The van der Waals surface area contributed by atoms with Crippen LogP contribution in [0.15, 0.2) is 42.7 Å². The Kier molecular flexibility index (Phi) is 3.00. The molecular formula is C13H12N6O. The molecule has 20 heavy (non-hydrogen) atoms. The monoisotopic (exact) mass is 268 g/mol. The molecule has 0 aliphatic heterocycles. The van der Waals surface area contributed by atoms with Gasteiger partial charge >= 0.3 is 0 Å². The largest absolute Gasteiger partial charge is 0.497 e. The Morgan fingerprint density at radius 3 is 2.80 bits per heavy atom. The third-order valence-corrected chi connectivity index (χ3v) is 2.68. The summed E-state index contributed by atoms with van der Waals surface area (Å²) in [5.41, 5.74) is 6.54. The zero-order chi connectivity index (χ0) is 13.9. The van der Waals surface area contributed by atoms with E-state index in [1.165, 1.54) is 4.68 Å². The molecule has 0 radical (unpaired) electrons. The van der Waals surface area contributed by atoms with E-state index in [1.54, 1.807) is 25.6 Å². The van der Waals surface area contributed by atoms with Gasteiger partial charge < -0.3 is 10.5 Å². The van der Waals surface area contributed by atoms with Gasteiger partial charge in [0.25, 0.3) is 5.95 Å². The molecule has 0 unspecified atom stereocenters. The van der Waals surface area contributed by atoms with Crippen LogP contribution in [0.25, 0.3) is 17.3 Å². The zero-order valence-electron chi connectivity index (χ0n) is 10.8. The van der Waals surface area contributed by atoms with Crippen molar-refractivity contribution in [3.8, 4) is 23.1 Å². The number of ether oxygens (including phenoxy) is 1. The van der Waals surface area contributed by atoms with Crippen LogP contribution in [0.1, 0.15) is 0 Å². The molecule has 2 N–H and O–H groups in total. The molecule has 1 aromatic carbocycles. The van der Waals surface area contributed by atoms with Crippen molar-refractivity contribution in [3.05, 3.63) is 42.7 Å². The van der Waals surface area contributed by atoms with Crippen LogP contribution in [0.5, 0.6) is 5.75 Å². The second-order valence-corrected chi connectivity index (χ2v) is 4.00. The first-order chi connectivity index (χ1) is 9.76. The van der Waals surface area contributed by atoms with Gasteiger partial charge in [-0.3, -0.25) is 0 Å². The lowest BCUT2D eigenvalue weighted by Crippen LogP contribution is -2.08. The van der Waals surface area contributed by atoms with E-state index >= 15 is 0 Å². The third kappa shape index (κ3) is 2.28. The molecule has 0 saturated carbocycles. The van der Waals surface area contributed by atoms with E-state index in [-0.39, 0.29) is 5.95 Å². The molecule has 0 saturated heterocycles. The number of aromatic nitrogens is 5. The van der Waals surface area contributed by atoms with Gasteiger partial charge in [0.2, 0.25) is 5.95 Å². The highest BCUT2D eigenvalue weighted by atomic mass is 16.5. The predicted molar refractivity (Wildman–Crippen MR) is 73.3 cm³/mol. The van der Waals surface area contributed by atoms with E-state index in [4.69, 9.17) is 10.5 Å². The summed E-state index contributed by atoms with van der Waals surface area (Å²) in [7, 11) is 1.61. The molecule has 2 heterocycles. The number of rotatable bonds is 3. The van der Waals surface area contributed by atoms with E-state index < -0.39 is 0 Å². The number of methoxy groups -OCH3 is 1. The minimum atomic E-state index is 0.142. The van der Waals surface area contributed by atoms with Gasteiger partial charge in [0.15, 0.2) is 5.82 Å². The van der Waals surface area contributed by atoms with Crippen LogP contribution >= 0.6 is 0 Å². The van der Waals surface area contributed by atoms with Crippen molar-refractivity contribution in [2.24, 2.45) is 0 Å². The average Bonchev–Trinajstić information content (AvgIpc) is 3.01. The average molecular weight is 268 g/mol. The maximum atomic E-state index is 5.74. The van der Waals surface area contributed by atoms with Crippen LogP contribution in [0.4, 0.5) is 5.95 Å². The number of hydrogen-bond donors (Lipinski definition) is 1. The normalized spacial score (nSPS) is 10.4. The summed E-state index contributed by atoms with van der Waals surface area (Å²) >= 11 is 0. The Morgan fingerprint density at radius 2 is 2.05 bits per heavy atom. The second-order valence-electron chi connectivity index (χ2n) is 4.00. The van der Waals surface area contributed by atoms with Crippen LogP contribution in [0.3, 0.4) is 0 Å². The lowest BCUT2D eigenvalue weighted by molar-refractivity contribution is 0.415. The fourth-order valence-electron chi connectivity index (χ4n) is 1.76. The number of nitrogen functional groups attached to an aromatic ring is 1. The lowest BCUT2D eigenvalue weighted by Gasteiger charge is -2.06. The molecular weight excluding hydrogens is 256 g/mol. The van der Waals surface area contributed by atoms with Crippen molar-refractivity contribution in [2.75, 3.05) is 12.8 Å². The van der Waals surface area contributed by atoms with Crippen LogP contribution < -0.4 is 10.5 Å². The van der Waals surface area contributed by atoms with Crippen LogP contribution in [-0.4, -0.2) is 31.8 Å². The minimum Gasteiger partial charge on any atom is -0.497 e. The van der Waals surface area contributed by atoms with Gasteiger partial charge in [0, 0.05) is 18.0 Å². The molecule has 0 bridgehead atoms.